The van der Waals surface area contributed by atoms with Crippen molar-refractivity contribution in [3.05, 3.63) is 48.0 Å². The van der Waals surface area contributed by atoms with Gasteiger partial charge in [0.25, 0.3) is 5.91 Å². The van der Waals surface area contributed by atoms with E-state index in [0.29, 0.717) is 6.54 Å². The van der Waals surface area contributed by atoms with Crippen molar-refractivity contribution in [1.29, 1.82) is 0 Å². The molecule has 20 heavy (non-hydrogen) atoms. The number of likely N-dealkylation sites (tertiary alicyclic amines) is 1. The van der Waals surface area contributed by atoms with Crippen molar-refractivity contribution in [3.8, 4) is 0 Å². The first-order chi connectivity index (χ1) is 9.83. The summed E-state index contributed by atoms with van der Waals surface area (Å²) in [6.07, 6.45) is 6.69. The highest BCUT2D eigenvalue weighted by Gasteiger charge is 2.17. The van der Waals surface area contributed by atoms with Crippen LogP contribution in [0.2, 0.25) is 0 Å². The number of aromatic nitrogens is 3. The monoisotopic (exact) mass is 270 g/mol. The molecule has 0 spiro atoms. The number of rotatable bonds is 3. The Balaban J connectivity index is 1.67. The van der Waals surface area contributed by atoms with E-state index in [4.69, 9.17) is 0 Å². The van der Waals surface area contributed by atoms with Gasteiger partial charge in [-0.2, -0.15) is 5.10 Å². The maximum absolute atomic E-state index is 12.3. The summed E-state index contributed by atoms with van der Waals surface area (Å²) in [4.78, 5) is 18.2. The summed E-state index contributed by atoms with van der Waals surface area (Å²) in [7, 11) is 0. The number of hydrogen-bond acceptors (Lipinski definition) is 3. The number of nitrogens with zero attached hydrogens (tertiary/aromatic N) is 4. The minimum absolute atomic E-state index is 0.150. The van der Waals surface area contributed by atoms with E-state index in [0.717, 1.165) is 37.1 Å². The lowest BCUT2D eigenvalue weighted by atomic mass is 10.1. The van der Waals surface area contributed by atoms with Crippen molar-refractivity contribution >= 4 is 5.91 Å². The molecule has 5 nitrogen and oxygen atoms in total. The predicted octanol–water partition coefficient (Wildman–Crippen LogP) is 1.95. The zero-order chi connectivity index (χ0) is 13.8. The summed E-state index contributed by atoms with van der Waals surface area (Å²) in [5.74, 6) is 0.150. The second-order valence-electron chi connectivity index (χ2n) is 5.14. The van der Waals surface area contributed by atoms with Crippen LogP contribution >= 0.6 is 0 Å². The third-order valence-corrected chi connectivity index (χ3v) is 3.66. The topological polar surface area (TPSA) is 51.0 Å². The van der Waals surface area contributed by atoms with E-state index >= 15 is 0 Å². The molecule has 0 atom stereocenters. The van der Waals surface area contributed by atoms with Gasteiger partial charge in [-0.05, 0) is 37.0 Å². The number of carbonyl (C=O) groups excluding carboxylic acids is 1. The molecular formula is C15H18N4O. The van der Waals surface area contributed by atoms with E-state index in [1.54, 1.807) is 11.0 Å². The van der Waals surface area contributed by atoms with E-state index in [9.17, 15) is 4.79 Å². The lowest BCUT2D eigenvalue weighted by Gasteiger charge is -2.26. The van der Waals surface area contributed by atoms with Gasteiger partial charge in [0.05, 0.1) is 6.54 Å². The molecule has 2 heterocycles. The molecule has 1 saturated heterocycles. The Morgan fingerprint density at radius 1 is 1.10 bits per heavy atom. The summed E-state index contributed by atoms with van der Waals surface area (Å²) >= 11 is 0. The summed E-state index contributed by atoms with van der Waals surface area (Å²) in [6.45, 7) is 2.46. The Bertz CT molecular complexity index is 556. The highest BCUT2D eigenvalue weighted by Crippen LogP contribution is 2.14. The molecule has 0 saturated carbocycles. The number of benzene rings is 1. The second kappa shape index (κ2) is 5.86. The molecule has 2 aromatic rings. The Morgan fingerprint density at radius 2 is 1.85 bits per heavy atom. The third-order valence-electron chi connectivity index (χ3n) is 3.66. The minimum Gasteiger partial charge on any atom is -0.339 e. The van der Waals surface area contributed by atoms with Gasteiger partial charge in [-0.25, -0.2) is 9.67 Å². The van der Waals surface area contributed by atoms with Gasteiger partial charge in [0.2, 0.25) is 0 Å². The van der Waals surface area contributed by atoms with Crippen LogP contribution in [0.15, 0.2) is 36.9 Å². The van der Waals surface area contributed by atoms with Gasteiger partial charge in [0, 0.05) is 18.7 Å². The Kier molecular flexibility index (Phi) is 3.76. The van der Waals surface area contributed by atoms with E-state index in [1.807, 2.05) is 29.2 Å². The lowest BCUT2D eigenvalue weighted by Crippen LogP contribution is -2.35. The molecule has 1 aromatic carbocycles. The fourth-order valence-electron chi connectivity index (χ4n) is 2.53. The number of amides is 1. The van der Waals surface area contributed by atoms with Gasteiger partial charge in [-0.3, -0.25) is 4.79 Å². The highest BCUT2D eigenvalue weighted by molar-refractivity contribution is 5.94. The first kappa shape index (κ1) is 12.8. The quantitative estimate of drug-likeness (QED) is 0.856. The number of hydrogen-bond donors (Lipinski definition) is 0. The van der Waals surface area contributed by atoms with Crippen LogP contribution in [0.25, 0.3) is 0 Å². The maximum Gasteiger partial charge on any atom is 0.253 e. The van der Waals surface area contributed by atoms with Gasteiger partial charge in [0.1, 0.15) is 12.7 Å². The van der Waals surface area contributed by atoms with Crippen LogP contribution in [0.3, 0.4) is 0 Å². The van der Waals surface area contributed by atoms with E-state index in [-0.39, 0.29) is 5.91 Å². The number of carbonyl (C=O) groups is 1. The van der Waals surface area contributed by atoms with Gasteiger partial charge in [0.15, 0.2) is 0 Å². The zero-order valence-corrected chi connectivity index (χ0v) is 11.4. The van der Waals surface area contributed by atoms with E-state index < -0.39 is 0 Å². The molecule has 0 N–H and O–H groups in total. The lowest BCUT2D eigenvalue weighted by molar-refractivity contribution is 0.0724. The third kappa shape index (κ3) is 2.87. The van der Waals surface area contributed by atoms with E-state index in [2.05, 4.69) is 10.1 Å². The molecule has 0 bridgehead atoms. The average molecular weight is 270 g/mol. The molecule has 1 fully saturated rings. The van der Waals surface area contributed by atoms with Crippen LogP contribution in [0.1, 0.15) is 35.2 Å². The molecule has 1 amide bonds. The van der Waals surface area contributed by atoms with Crippen LogP contribution < -0.4 is 0 Å². The summed E-state index contributed by atoms with van der Waals surface area (Å²) in [6, 6.07) is 7.78. The minimum atomic E-state index is 0.150. The maximum atomic E-state index is 12.3. The van der Waals surface area contributed by atoms with Gasteiger partial charge >= 0.3 is 0 Å². The first-order valence-electron chi connectivity index (χ1n) is 7.03. The molecule has 1 aliphatic heterocycles. The fourth-order valence-corrected chi connectivity index (χ4v) is 2.53. The first-order valence-corrected chi connectivity index (χ1v) is 7.03. The molecule has 0 aliphatic carbocycles. The zero-order valence-electron chi connectivity index (χ0n) is 11.4. The van der Waals surface area contributed by atoms with Crippen LogP contribution in [-0.4, -0.2) is 38.7 Å². The Morgan fingerprint density at radius 3 is 2.50 bits per heavy atom. The van der Waals surface area contributed by atoms with Crippen molar-refractivity contribution in [2.24, 2.45) is 0 Å². The van der Waals surface area contributed by atoms with Crippen molar-refractivity contribution in [2.75, 3.05) is 13.1 Å². The van der Waals surface area contributed by atoms with Crippen LogP contribution in [0.4, 0.5) is 0 Å². The van der Waals surface area contributed by atoms with Crippen molar-refractivity contribution < 1.29 is 4.79 Å². The molecule has 1 aliphatic rings. The van der Waals surface area contributed by atoms with Crippen molar-refractivity contribution in [1.82, 2.24) is 19.7 Å². The summed E-state index contributed by atoms with van der Waals surface area (Å²) in [5.41, 5.74) is 1.89. The van der Waals surface area contributed by atoms with Gasteiger partial charge in [-0.1, -0.05) is 12.1 Å². The SMILES string of the molecule is O=C(c1ccc(Cn2cncn2)cc1)N1CCCCC1. The molecule has 104 valence electrons. The summed E-state index contributed by atoms with van der Waals surface area (Å²) in [5, 5.41) is 4.07. The Labute approximate surface area is 118 Å². The predicted molar refractivity (Wildman–Crippen MR) is 75.3 cm³/mol. The molecule has 0 radical (unpaired) electrons. The van der Waals surface area contributed by atoms with Gasteiger partial charge < -0.3 is 4.90 Å². The normalized spacial score (nSPS) is 15.3. The van der Waals surface area contributed by atoms with Crippen LogP contribution in [-0.2, 0) is 6.54 Å². The standard InChI is InChI=1S/C15H18N4O/c20-15(18-8-2-1-3-9-18)14-6-4-13(5-7-14)10-19-12-16-11-17-19/h4-7,11-12H,1-3,8-10H2. The average Bonchev–Trinajstić information content (AvgIpc) is 3.01. The van der Waals surface area contributed by atoms with E-state index in [1.165, 1.54) is 12.7 Å². The van der Waals surface area contributed by atoms with Crippen LogP contribution in [0, 0.1) is 0 Å². The highest BCUT2D eigenvalue weighted by atomic mass is 16.2. The van der Waals surface area contributed by atoms with Crippen molar-refractivity contribution in [2.45, 2.75) is 25.8 Å². The van der Waals surface area contributed by atoms with Crippen LogP contribution in [0.5, 0.6) is 0 Å². The molecule has 0 unspecified atom stereocenters. The molecule has 1 aromatic heterocycles. The molecule has 3 rings (SSSR count). The Hall–Kier alpha value is -2.17. The largest absolute Gasteiger partial charge is 0.339 e. The summed E-state index contributed by atoms with van der Waals surface area (Å²) < 4.78 is 1.77. The molecule has 5 heteroatoms. The number of piperidine rings is 1. The molecular weight excluding hydrogens is 252 g/mol. The van der Waals surface area contributed by atoms with Crippen molar-refractivity contribution in [3.63, 3.8) is 0 Å². The fraction of sp³-hybridized carbons (Fsp3) is 0.400. The van der Waals surface area contributed by atoms with Gasteiger partial charge in [-0.15, -0.1) is 0 Å². The smallest absolute Gasteiger partial charge is 0.253 e. The second-order valence-corrected chi connectivity index (χ2v) is 5.14.